The first-order chi connectivity index (χ1) is 57.0. The van der Waals surface area contributed by atoms with E-state index in [1.165, 1.54) is 32.9 Å². The maximum Gasteiger partial charge on any atom is 0.262 e. The quantitative estimate of drug-likeness (QED) is 0.0302. The lowest BCUT2D eigenvalue weighted by Crippen LogP contribution is -2.28. The zero-order valence-corrected chi connectivity index (χ0v) is 63.9. The summed E-state index contributed by atoms with van der Waals surface area (Å²) in [4.78, 5) is 90.5. The van der Waals surface area contributed by atoms with Gasteiger partial charge in [-0.2, -0.15) is 15.3 Å². The average molecular weight is 1610 g/mol. The van der Waals surface area contributed by atoms with Crippen LogP contribution in [0.3, 0.4) is 0 Å². The molecule has 0 aliphatic carbocycles. The van der Waals surface area contributed by atoms with Crippen LogP contribution in [0.2, 0.25) is 0 Å². The van der Waals surface area contributed by atoms with Gasteiger partial charge < -0.3 is 69.3 Å². The summed E-state index contributed by atoms with van der Waals surface area (Å²) in [6.45, 7) is 11.7. The standard InChI is InChI=1S/C28H23F2N9O2.C27H23F2N7O4.C25H22F2N8O2/c1-4-39(3)28(40)23-26(36-22-12-19(37-38-22)15-5-6-18-20(10-15)32-8-7-31-18)33-13-34-27(23)41-21-11-17(29)25-16(24(21)30)9-14(2)35-25;1-4-36(3)27(37)22-25(33-21-10-17(34-35-21)14-5-6-18-19(8-14)39-12-38-18)30-11-31-26(22)40-20-9-16(28)24-15(23(20)29)7-13(2)32-24;1-4-35(3)25(36)20-23(32-19-11-17(33-34-19)16-7-5-6-8-28-16)29-12-30-24(20)37-18-10-15(26)22-14(21(18)27)9-13(2)31-22/h5-13,35H,4H2,1-3H3,(H2,33,34,36,37,38);5-11,32H,4,12H2,1-3H3,(H2,30,31,33,34,35);5-12,31H,4H2,1-3H3,(H2,29,30,32,33,34). The van der Waals surface area contributed by atoms with Crippen LogP contribution in [0, 0.1) is 55.7 Å². The molecule has 17 rings (SSSR count). The van der Waals surface area contributed by atoms with Crippen molar-refractivity contribution >= 4 is 96.4 Å². The van der Waals surface area contributed by atoms with Crippen molar-refractivity contribution in [1.29, 1.82) is 0 Å². The lowest BCUT2D eigenvalue weighted by atomic mass is 10.1. The van der Waals surface area contributed by atoms with E-state index in [1.807, 2.05) is 42.5 Å². The maximum absolute atomic E-state index is 15.3. The Kier molecular flexibility index (Phi) is 21.7. The van der Waals surface area contributed by atoms with Gasteiger partial charge >= 0.3 is 0 Å². The predicted molar refractivity (Wildman–Crippen MR) is 422 cm³/mol. The van der Waals surface area contributed by atoms with Gasteiger partial charge in [0.05, 0.1) is 50.4 Å². The first-order valence-electron chi connectivity index (χ1n) is 36.3. The van der Waals surface area contributed by atoms with Gasteiger partial charge in [-0.1, -0.05) is 12.1 Å². The molecule has 11 aromatic heterocycles. The van der Waals surface area contributed by atoms with E-state index < -0.39 is 69.9 Å². The summed E-state index contributed by atoms with van der Waals surface area (Å²) < 4.78 is 118. The number of anilines is 6. The van der Waals surface area contributed by atoms with E-state index in [1.54, 1.807) is 112 Å². The lowest BCUT2D eigenvalue weighted by molar-refractivity contribution is 0.0791. The number of aryl methyl sites for hydroxylation is 3. The molecule has 16 aromatic rings. The van der Waals surface area contributed by atoms with Gasteiger partial charge in [0.2, 0.25) is 24.4 Å². The Morgan fingerprint density at radius 3 is 1.23 bits per heavy atom. The lowest BCUT2D eigenvalue weighted by Gasteiger charge is -2.19. The molecule has 0 spiro atoms. The topological polar surface area (TPSA) is 393 Å². The number of hydrogen-bond donors (Lipinski definition) is 9. The van der Waals surface area contributed by atoms with Crippen molar-refractivity contribution < 1.29 is 64.4 Å². The number of pyridine rings is 1. The van der Waals surface area contributed by atoms with Gasteiger partial charge in [0.25, 0.3) is 17.7 Å². The number of amides is 3. The number of benzene rings is 5. The van der Waals surface area contributed by atoms with Gasteiger partial charge in [0.1, 0.15) is 35.7 Å². The Morgan fingerprint density at radius 2 is 0.814 bits per heavy atom. The second kappa shape index (κ2) is 32.9. The molecule has 32 nitrogen and oxygen atoms in total. The highest BCUT2D eigenvalue weighted by Crippen LogP contribution is 2.42. The van der Waals surface area contributed by atoms with Crippen LogP contribution in [-0.2, 0) is 0 Å². The van der Waals surface area contributed by atoms with Crippen molar-refractivity contribution in [2.75, 3.05) is 63.5 Å². The molecule has 0 unspecified atom stereocenters. The summed E-state index contributed by atoms with van der Waals surface area (Å²) in [6, 6.07) is 28.8. The molecule has 3 amide bonds. The fraction of sp³-hybridized carbons (Fsp3) is 0.163. The highest BCUT2D eigenvalue weighted by atomic mass is 19.1. The van der Waals surface area contributed by atoms with Crippen LogP contribution >= 0.6 is 0 Å². The third-order valence-corrected chi connectivity index (χ3v) is 18.7. The molecule has 1 aliphatic rings. The van der Waals surface area contributed by atoms with E-state index in [2.05, 4.69) is 106 Å². The number of nitrogens with one attached hydrogen (secondary N) is 9. The van der Waals surface area contributed by atoms with Crippen molar-refractivity contribution in [3.8, 4) is 80.3 Å². The number of rotatable bonds is 21. The van der Waals surface area contributed by atoms with E-state index in [-0.39, 0.29) is 91.3 Å². The number of H-pyrrole nitrogens is 6. The van der Waals surface area contributed by atoms with E-state index in [4.69, 9.17) is 23.7 Å². The Morgan fingerprint density at radius 1 is 0.424 bits per heavy atom. The van der Waals surface area contributed by atoms with Crippen LogP contribution in [0.4, 0.5) is 61.2 Å². The molecule has 118 heavy (non-hydrogen) atoms. The number of aromatic amines is 6. The fourth-order valence-electron chi connectivity index (χ4n) is 12.4. The number of carbonyl (C=O) groups excluding carboxylic acids is 3. The third kappa shape index (κ3) is 15.8. The van der Waals surface area contributed by atoms with Gasteiger partial charge in [-0.3, -0.25) is 44.6 Å². The number of aromatic nitrogens is 18. The van der Waals surface area contributed by atoms with Crippen LogP contribution in [-0.4, -0.2) is 170 Å². The minimum atomic E-state index is -0.795. The summed E-state index contributed by atoms with van der Waals surface area (Å²) in [7, 11) is 4.77. The van der Waals surface area contributed by atoms with Crippen LogP contribution in [0.15, 0.2) is 147 Å². The first-order valence-corrected chi connectivity index (χ1v) is 36.3. The van der Waals surface area contributed by atoms with Crippen molar-refractivity contribution in [2.45, 2.75) is 41.5 Å². The van der Waals surface area contributed by atoms with Crippen molar-refractivity contribution in [3.63, 3.8) is 0 Å². The normalized spacial score (nSPS) is 11.5. The molecule has 38 heteroatoms. The summed E-state index contributed by atoms with van der Waals surface area (Å²) in [5.41, 5.74) is 7.34. The minimum absolute atomic E-state index is 0.0195. The van der Waals surface area contributed by atoms with Crippen LogP contribution < -0.4 is 39.6 Å². The monoisotopic (exact) mass is 1610 g/mol. The zero-order chi connectivity index (χ0) is 82.7. The molecule has 0 radical (unpaired) electrons. The number of fused-ring (bicyclic) bond motifs is 5. The second-order valence-corrected chi connectivity index (χ2v) is 26.6. The first kappa shape index (κ1) is 77.8. The van der Waals surface area contributed by atoms with Gasteiger partial charge in [0.15, 0.2) is 98.6 Å². The highest BCUT2D eigenvalue weighted by Gasteiger charge is 2.31. The molecule has 0 bridgehead atoms. The maximum atomic E-state index is 15.3. The summed E-state index contributed by atoms with van der Waals surface area (Å²) in [5, 5.41) is 30.6. The zero-order valence-electron chi connectivity index (χ0n) is 63.9. The average Bonchev–Trinajstić information content (AvgIpc) is 1.49. The summed E-state index contributed by atoms with van der Waals surface area (Å²) in [6.07, 6.45) is 8.36. The molecule has 12 heterocycles. The van der Waals surface area contributed by atoms with Crippen molar-refractivity contribution in [2.24, 2.45) is 0 Å². The molecule has 0 saturated heterocycles. The minimum Gasteiger partial charge on any atom is -0.454 e. The molecule has 598 valence electrons. The Balaban J connectivity index is 0.000000139. The molecule has 1 aliphatic heterocycles. The molecule has 0 fully saturated rings. The smallest absolute Gasteiger partial charge is 0.262 e. The van der Waals surface area contributed by atoms with Crippen LogP contribution in [0.25, 0.3) is 77.6 Å². The number of halogens is 6. The van der Waals surface area contributed by atoms with Crippen molar-refractivity contribution in [3.05, 3.63) is 215 Å². The second-order valence-electron chi connectivity index (χ2n) is 26.6. The predicted octanol–water partition coefficient (Wildman–Crippen LogP) is 15.8. The van der Waals surface area contributed by atoms with E-state index in [9.17, 15) is 27.6 Å². The van der Waals surface area contributed by atoms with E-state index in [0.717, 1.165) is 59.3 Å². The van der Waals surface area contributed by atoms with Crippen molar-refractivity contribution in [1.82, 2.24) is 105 Å². The molecule has 0 atom stereocenters. The number of hydrogen-bond acceptors (Lipinski definition) is 23. The van der Waals surface area contributed by atoms with Crippen LogP contribution in [0.1, 0.15) is 68.9 Å². The Bertz CT molecular complexity index is 6530. The largest absolute Gasteiger partial charge is 0.454 e. The summed E-state index contributed by atoms with van der Waals surface area (Å²) in [5.74, 6) is -5.46. The van der Waals surface area contributed by atoms with E-state index in [0.29, 0.717) is 88.4 Å². The number of carbonyl (C=O) groups is 3. The number of ether oxygens (including phenoxy) is 5. The van der Waals surface area contributed by atoms with E-state index >= 15 is 13.2 Å². The SMILES string of the molecule is CCN(C)C(=O)c1c(Nc2cc(-c3ccc4c(c3)OCO4)[nH]n2)ncnc1Oc1cc(F)c2[nH]c(C)cc2c1F.CCN(C)C(=O)c1c(Nc2cc(-c3ccc4nccnc4c3)[nH]n2)ncnc1Oc1cc(F)c2[nH]c(C)cc2c1F.CCN(C)C(=O)c1c(Nc2cc(-c3ccccn3)[nH]n2)ncnc1Oc1cc(F)c2[nH]c(C)cc2c1F. The molecule has 9 N–H and O–H groups in total. The molecular formula is C80H68F6N24O8. The Hall–Kier alpha value is -15.5. The van der Waals surface area contributed by atoms with Gasteiger partial charge in [-0.15, -0.1) is 0 Å². The molecule has 5 aromatic carbocycles. The Labute approximate surface area is 663 Å². The molecule has 0 saturated carbocycles. The van der Waals surface area contributed by atoms with Crippen LogP contribution in [0.5, 0.6) is 46.4 Å². The van der Waals surface area contributed by atoms with Gasteiger partial charge in [-0.25, -0.2) is 56.2 Å². The highest BCUT2D eigenvalue weighted by molar-refractivity contribution is 6.03. The fourth-order valence-corrected chi connectivity index (χ4v) is 12.4. The third-order valence-electron chi connectivity index (χ3n) is 18.7. The summed E-state index contributed by atoms with van der Waals surface area (Å²) >= 11 is 0. The number of nitrogens with zero attached hydrogens (tertiary/aromatic N) is 15. The molecular weight excluding hydrogens is 1540 g/mol. The van der Waals surface area contributed by atoms with Gasteiger partial charge in [0, 0.05) is 140 Å². The van der Waals surface area contributed by atoms with Gasteiger partial charge in [-0.05, 0) is 102 Å².